The van der Waals surface area contributed by atoms with Crippen LogP contribution in [-0.2, 0) is 13.9 Å². The summed E-state index contributed by atoms with van der Waals surface area (Å²) in [5.41, 5.74) is 0. The first-order chi connectivity index (χ1) is 18.3. The molecule has 0 aromatic heterocycles. The maximum Gasteiger partial charge on any atom is 0.469 e. The largest absolute Gasteiger partial charge is 0.469 e. The van der Waals surface area contributed by atoms with Crippen molar-refractivity contribution in [1.29, 1.82) is 0 Å². The highest BCUT2D eigenvalue weighted by molar-refractivity contribution is 7.46. The Bertz CT molecular complexity index is 629. The smallest absolute Gasteiger partial charge is 0.390 e. The predicted octanol–water partition coefficient (Wildman–Crippen LogP) is 6.70. The summed E-state index contributed by atoms with van der Waals surface area (Å²) in [6.45, 7) is 4.37. The van der Waals surface area contributed by atoms with Crippen molar-refractivity contribution in [2.45, 2.75) is 142 Å². The van der Waals surface area contributed by atoms with Gasteiger partial charge in [0.05, 0.1) is 27.2 Å². The molecule has 0 aliphatic carbocycles. The summed E-state index contributed by atoms with van der Waals surface area (Å²) in [6, 6.07) is 0. The van der Waals surface area contributed by atoms with Crippen molar-refractivity contribution in [3.8, 4) is 0 Å². The molecule has 0 bridgehead atoms. The Morgan fingerprint density at radius 1 is 0.769 bits per heavy atom. The van der Waals surface area contributed by atoms with Gasteiger partial charge in [-0.1, -0.05) is 96.1 Å². The summed E-state index contributed by atoms with van der Waals surface area (Å²) in [5.74, 6) is -0.226. The number of aliphatic hydroxyl groups excluding tert-OH is 2. The molecule has 0 saturated carbocycles. The Morgan fingerprint density at radius 2 is 1.18 bits per heavy atom. The third-order valence-electron chi connectivity index (χ3n) is 6.49. The van der Waals surface area contributed by atoms with Gasteiger partial charge in [-0.05, 0) is 39.0 Å². The van der Waals surface area contributed by atoms with Crippen LogP contribution in [0.2, 0.25) is 0 Å². The van der Waals surface area contributed by atoms with Crippen molar-refractivity contribution >= 4 is 13.6 Å². The van der Waals surface area contributed by atoms with E-state index in [1.165, 1.54) is 103 Å². The van der Waals surface area contributed by atoms with E-state index >= 15 is 0 Å². The number of phosphoric acid groups is 1. The minimum atomic E-state index is -4.26. The minimum absolute atomic E-state index is 0.0772. The molecule has 2 unspecified atom stereocenters. The summed E-state index contributed by atoms with van der Waals surface area (Å²) >= 11 is 0. The SMILES string of the molecule is CCCCCCCCC=CCCCCCCCCCCCC(=O)C(O)C(C)O.C[N+](C)(C)CCOP(=O)(O)O. The highest BCUT2D eigenvalue weighted by Gasteiger charge is 2.19. The number of unbranched alkanes of at least 4 members (excludes halogenated alkanes) is 15. The molecule has 0 radical (unpaired) electrons. The van der Waals surface area contributed by atoms with Crippen molar-refractivity contribution in [1.82, 2.24) is 0 Å². The monoisotopic (exact) mass is 580 g/mol. The van der Waals surface area contributed by atoms with Crippen LogP contribution in [0.4, 0.5) is 0 Å². The van der Waals surface area contributed by atoms with Crippen molar-refractivity contribution in [3.63, 3.8) is 0 Å². The van der Waals surface area contributed by atoms with E-state index in [1.54, 1.807) is 0 Å². The summed E-state index contributed by atoms with van der Waals surface area (Å²) in [6.07, 6.45) is 24.7. The first kappa shape index (κ1) is 40.5. The zero-order valence-electron chi connectivity index (χ0n) is 25.9. The molecule has 0 amide bonds. The van der Waals surface area contributed by atoms with Gasteiger partial charge in [-0.25, -0.2) is 4.57 Å². The van der Waals surface area contributed by atoms with E-state index in [4.69, 9.17) is 9.79 Å². The van der Waals surface area contributed by atoms with Gasteiger partial charge in [-0.3, -0.25) is 9.32 Å². The van der Waals surface area contributed by atoms with Gasteiger partial charge in [0, 0.05) is 6.42 Å². The second kappa shape index (κ2) is 26.3. The third kappa shape index (κ3) is 35.4. The average molecular weight is 581 g/mol. The molecule has 0 saturated heterocycles. The van der Waals surface area contributed by atoms with Crippen molar-refractivity contribution in [2.24, 2.45) is 0 Å². The Hall–Kier alpha value is -0.600. The number of nitrogens with zero attached hydrogens (tertiary/aromatic N) is 1. The van der Waals surface area contributed by atoms with Crippen LogP contribution in [0.1, 0.15) is 129 Å². The molecule has 0 aromatic carbocycles. The molecule has 0 spiro atoms. The number of ketones is 1. The van der Waals surface area contributed by atoms with E-state index in [0.717, 1.165) is 12.8 Å². The van der Waals surface area contributed by atoms with Gasteiger partial charge in [0.2, 0.25) is 0 Å². The van der Waals surface area contributed by atoms with Crippen molar-refractivity contribution in [2.75, 3.05) is 34.3 Å². The molecular formula is C30H63NO7P+. The quantitative estimate of drug-likeness (QED) is 0.0410. The van der Waals surface area contributed by atoms with Crippen molar-refractivity contribution < 1.29 is 38.4 Å². The van der Waals surface area contributed by atoms with Gasteiger partial charge >= 0.3 is 7.82 Å². The number of hydrogen-bond donors (Lipinski definition) is 4. The number of quaternary nitrogens is 1. The molecule has 39 heavy (non-hydrogen) atoms. The highest BCUT2D eigenvalue weighted by Crippen LogP contribution is 2.35. The second-order valence-electron chi connectivity index (χ2n) is 11.7. The zero-order valence-corrected chi connectivity index (χ0v) is 26.8. The summed E-state index contributed by atoms with van der Waals surface area (Å²) in [7, 11) is 1.50. The normalized spacial score (nSPS) is 13.8. The first-order valence-electron chi connectivity index (χ1n) is 15.3. The standard InChI is InChI=1S/C25H48O3.C5H14NO4P/c1-3-4-5-6-7-8-9-10-11-12-13-14-15-16-17-18-19-20-21-22-24(27)25(28)23(2)26;1-6(2,3)4-5-10-11(7,8)9/h10-11,23,25-26,28H,3-9,12-22H2,1-2H3;4-5H2,1-3H3,(H-,7,8,9)/p+1. The van der Waals surface area contributed by atoms with Crippen molar-refractivity contribution in [3.05, 3.63) is 12.2 Å². The van der Waals surface area contributed by atoms with E-state index in [2.05, 4.69) is 23.6 Å². The second-order valence-corrected chi connectivity index (χ2v) is 13.0. The fourth-order valence-electron chi connectivity index (χ4n) is 3.93. The number of rotatable bonds is 25. The van der Waals surface area contributed by atoms with E-state index < -0.39 is 20.0 Å². The molecular weight excluding hydrogens is 517 g/mol. The first-order valence-corrected chi connectivity index (χ1v) is 16.9. The van der Waals surface area contributed by atoms with E-state index in [0.29, 0.717) is 17.4 Å². The average Bonchev–Trinajstić information content (AvgIpc) is 2.83. The van der Waals surface area contributed by atoms with Gasteiger partial charge in [0.25, 0.3) is 0 Å². The van der Waals surface area contributed by atoms with Crippen LogP contribution in [0.15, 0.2) is 12.2 Å². The lowest BCUT2D eigenvalue weighted by Crippen LogP contribution is -2.37. The number of phosphoric ester groups is 1. The summed E-state index contributed by atoms with van der Waals surface area (Å²) in [4.78, 5) is 28.1. The molecule has 0 aliphatic rings. The number of carbonyl (C=O) groups is 1. The number of likely N-dealkylation sites (N-methyl/N-ethyl adjacent to an activating group) is 1. The van der Waals surface area contributed by atoms with E-state index in [9.17, 15) is 19.6 Å². The molecule has 0 aromatic rings. The van der Waals surface area contributed by atoms with Gasteiger partial charge < -0.3 is 24.5 Å². The molecule has 0 fully saturated rings. The number of carbonyl (C=O) groups excluding carboxylic acids is 1. The maximum atomic E-state index is 11.6. The van der Waals surface area contributed by atoms with Crippen LogP contribution in [0.5, 0.6) is 0 Å². The molecule has 0 aliphatic heterocycles. The van der Waals surface area contributed by atoms with Crippen LogP contribution in [0.3, 0.4) is 0 Å². The Kier molecular flexibility index (Phi) is 27.3. The Morgan fingerprint density at radius 3 is 1.56 bits per heavy atom. The van der Waals surface area contributed by atoms with Crippen LogP contribution in [0, 0.1) is 0 Å². The zero-order chi connectivity index (χ0) is 30.0. The minimum Gasteiger partial charge on any atom is -0.390 e. The number of aliphatic hydroxyl groups is 2. The van der Waals surface area contributed by atoms with Gasteiger partial charge in [0.1, 0.15) is 19.3 Å². The topological polar surface area (TPSA) is 124 Å². The van der Waals surface area contributed by atoms with E-state index in [1.807, 2.05) is 21.1 Å². The van der Waals surface area contributed by atoms with Gasteiger partial charge in [-0.15, -0.1) is 0 Å². The summed E-state index contributed by atoms with van der Waals surface area (Å²) < 4.78 is 15.1. The van der Waals surface area contributed by atoms with Gasteiger partial charge in [-0.2, -0.15) is 0 Å². The third-order valence-corrected chi connectivity index (χ3v) is 7.01. The highest BCUT2D eigenvalue weighted by atomic mass is 31.2. The fourth-order valence-corrected chi connectivity index (χ4v) is 4.25. The number of allylic oxidation sites excluding steroid dienone is 2. The maximum absolute atomic E-state index is 11.6. The number of hydrogen-bond acceptors (Lipinski definition) is 5. The number of Topliss-reactive ketones (excluding diaryl/α,β-unsaturated/α-hetero) is 1. The van der Waals surface area contributed by atoms with Crippen LogP contribution < -0.4 is 0 Å². The molecule has 0 rings (SSSR count). The van der Waals surface area contributed by atoms with Crippen LogP contribution in [0.25, 0.3) is 0 Å². The molecule has 9 heteroatoms. The lowest BCUT2D eigenvalue weighted by atomic mass is 10.0. The molecule has 0 heterocycles. The summed E-state index contributed by atoms with van der Waals surface area (Å²) in [5, 5.41) is 18.6. The fraction of sp³-hybridized carbons (Fsp3) is 0.900. The predicted molar refractivity (Wildman–Crippen MR) is 162 cm³/mol. The van der Waals surface area contributed by atoms with Crippen LogP contribution >= 0.6 is 7.82 Å². The molecule has 4 N–H and O–H groups in total. The molecule has 2 atom stereocenters. The molecule has 234 valence electrons. The Labute approximate surface area is 240 Å². The van der Waals surface area contributed by atoms with Crippen LogP contribution in [-0.4, -0.2) is 76.8 Å². The lowest BCUT2D eigenvalue weighted by molar-refractivity contribution is -0.870. The van der Waals surface area contributed by atoms with Gasteiger partial charge in [0.15, 0.2) is 5.78 Å². The Balaban J connectivity index is 0. The van der Waals surface area contributed by atoms with E-state index in [-0.39, 0.29) is 12.4 Å². The lowest BCUT2D eigenvalue weighted by Gasteiger charge is -2.23. The molecule has 8 nitrogen and oxygen atoms in total.